The molecule has 0 aliphatic carbocycles. The third-order valence-corrected chi connectivity index (χ3v) is 6.58. The monoisotopic (exact) mass is 457 g/mol. The van der Waals surface area contributed by atoms with Gasteiger partial charge in [0, 0.05) is 43.3 Å². The van der Waals surface area contributed by atoms with Crippen LogP contribution in [0.2, 0.25) is 0 Å². The van der Waals surface area contributed by atoms with Gasteiger partial charge < -0.3 is 19.9 Å². The summed E-state index contributed by atoms with van der Waals surface area (Å²) in [6, 6.07) is 15.5. The van der Waals surface area contributed by atoms with Gasteiger partial charge in [-0.2, -0.15) is 0 Å². The minimum Gasteiger partial charge on any atom is -0.486 e. The van der Waals surface area contributed by atoms with Crippen LogP contribution < -0.4 is 14.8 Å². The summed E-state index contributed by atoms with van der Waals surface area (Å²) in [6.07, 6.45) is -1.01. The van der Waals surface area contributed by atoms with E-state index in [0.29, 0.717) is 25.4 Å². The van der Waals surface area contributed by atoms with E-state index >= 15 is 0 Å². The first-order chi connectivity index (χ1) is 15.6. The Labute approximate surface area is 193 Å². The topological polar surface area (TPSA) is 74.3 Å². The Bertz CT molecular complexity index is 887. The number of nitrogens with zero attached hydrogens (tertiary/aromatic N) is 2. The van der Waals surface area contributed by atoms with E-state index < -0.39 is 6.10 Å². The van der Waals surface area contributed by atoms with Gasteiger partial charge >= 0.3 is 0 Å². The van der Waals surface area contributed by atoms with Crippen LogP contribution in [0.4, 0.5) is 5.69 Å². The first-order valence-electron chi connectivity index (χ1n) is 11.1. The van der Waals surface area contributed by atoms with Gasteiger partial charge in [-0.3, -0.25) is 14.6 Å². The number of aliphatic hydroxyl groups excluding tert-OH is 1. The van der Waals surface area contributed by atoms with Crippen LogP contribution in [-0.4, -0.2) is 84.6 Å². The van der Waals surface area contributed by atoms with Gasteiger partial charge in [0.2, 0.25) is 5.91 Å². The van der Waals surface area contributed by atoms with Gasteiger partial charge in [0.1, 0.15) is 12.7 Å². The predicted molar refractivity (Wildman–Crippen MR) is 127 cm³/mol. The molecule has 0 spiro atoms. The zero-order valence-electron chi connectivity index (χ0n) is 18.4. The molecule has 2 unspecified atom stereocenters. The second-order valence-electron chi connectivity index (χ2n) is 8.06. The van der Waals surface area contributed by atoms with Crippen molar-refractivity contribution in [2.75, 3.05) is 56.9 Å². The number of para-hydroxylation sites is 2. The van der Waals surface area contributed by atoms with E-state index in [4.69, 9.17) is 9.47 Å². The number of anilines is 1. The molecule has 172 valence electrons. The number of carbonyl (C=O) groups excluding carboxylic acids is 1. The minimum absolute atomic E-state index is 0.000740. The van der Waals surface area contributed by atoms with Crippen LogP contribution in [0.1, 0.15) is 6.92 Å². The van der Waals surface area contributed by atoms with Crippen LogP contribution in [0.3, 0.4) is 0 Å². The zero-order valence-corrected chi connectivity index (χ0v) is 19.2. The van der Waals surface area contributed by atoms with Crippen molar-refractivity contribution in [3.8, 4) is 11.5 Å². The molecule has 0 aromatic heterocycles. The molecule has 2 N–H and O–H groups in total. The maximum atomic E-state index is 12.4. The van der Waals surface area contributed by atoms with E-state index in [1.807, 2.05) is 48.5 Å². The third-order valence-electron chi connectivity index (χ3n) is 5.69. The second-order valence-corrected chi connectivity index (χ2v) is 9.40. The van der Waals surface area contributed by atoms with Gasteiger partial charge in [-0.25, -0.2) is 0 Å². The molecule has 0 bridgehead atoms. The third kappa shape index (κ3) is 6.16. The van der Waals surface area contributed by atoms with Crippen molar-refractivity contribution in [1.29, 1.82) is 0 Å². The molecule has 2 atom stereocenters. The highest BCUT2D eigenvalue weighted by atomic mass is 32.2. The summed E-state index contributed by atoms with van der Waals surface area (Å²) < 4.78 is 11.6. The first kappa shape index (κ1) is 22.9. The minimum atomic E-state index is -0.632. The number of nitrogens with one attached hydrogen (secondary N) is 1. The Morgan fingerprint density at radius 1 is 1.09 bits per heavy atom. The number of piperazine rings is 1. The lowest BCUT2D eigenvalue weighted by Gasteiger charge is -2.37. The maximum absolute atomic E-state index is 12.4. The molecule has 1 fully saturated rings. The fraction of sp³-hybridized carbons (Fsp3) is 0.458. The van der Waals surface area contributed by atoms with Gasteiger partial charge in [-0.1, -0.05) is 19.1 Å². The van der Waals surface area contributed by atoms with Gasteiger partial charge in [-0.15, -0.1) is 11.8 Å². The fourth-order valence-electron chi connectivity index (χ4n) is 3.94. The Balaban J connectivity index is 1.17. The number of benzene rings is 2. The van der Waals surface area contributed by atoms with Gasteiger partial charge in [-0.05, 0) is 42.2 Å². The Hall–Kier alpha value is -2.26. The Morgan fingerprint density at radius 2 is 1.78 bits per heavy atom. The number of amides is 1. The normalized spacial score (nSPS) is 20.0. The highest BCUT2D eigenvalue weighted by molar-refractivity contribution is 7.99. The van der Waals surface area contributed by atoms with Gasteiger partial charge in [0.15, 0.2) is 17.6 Å². The summed E-state index contributed by atoms with van der Waals surface area (Å²) in [6.45, 7) is 6.55. The molecule has 7 nitrogen and oxygen atoms in total. The molecule has 2 heterocycles. The number of β-amino-alcohol motifs (C(OH)–C–C–N with tert-alkyl or cyclic N) is 1. The van der Waals surface area contributed by atoms with Gasteiger partial charge in [0.25, 0.3) is 0 Å². The summed E-state index contributed by atoms with van der Waals surface area (Å²) in [5.41, 5.74) is 0.827. The van der Waals surface area contributed by atoms with Crippen molar-refractivity contribution in [2.45, 2.75) is 24.0 Å². The standard InChI is InChI=1S/C24H31N3O4S/c1-2-32-19-9-7-18(8-10-19)25-24(29)16-27-13-11-26(12-14-27)15-20(28)23-17-30-21-5-3-4-6-22(21)31-23/h3-10,20,23,28H,2,11-17H2,1H3,(H,25,29). The average molecular weight is 458 g/mol. The molecule has 32 heavy (non-hydrogen) atoms. The lowest BCUT2D eigenvalue weighted by molar-refractivity contribution is -0.117. The van der Waals surface area contributed by atoms with E-state index in [-0.39, 0.29) is 12.0 Å². The summed E-state index contributed by atoms with van der Waals surface area (Å²) in [5.74, 6) is 2.43. The molecule has 0 saturated carbocycles. The fourth-order valence-corrected chi connectivity index (χ4v) is 4.60. The van der Waals surface area contributed by atoms with Crippen LogP contribution in [0, 0.1) is 0 Å². The predicted octanol–water partition coefficient (Wildman–Crippen LogP) is 2.56. The van der Waals surface area contributed by atoms with Crippen LogP contribution >= 0.6 is 11.8 Å². The summed E-state index contributed by atoms with van der Waals surface area (Å²) in [7, 11) is 0. The highest BCUT2D eigenvalue weighted by Gasteiger charge is 2.30. The van der Waals surface area contributed by atoms with E-state index in [2.05, 4.69) is 22.0 Å². The lowest BCUT2D eigenvalue weighted by atomic mass is 10.1. The number of ether oxygens (including phenoxy) is 2. The number of rotatable bonds is 8. The zero-order chi connectivity index (χ0) is 22.3. The molecule has 2 aliphatic rings. The maximum Gasteiger partial charge on any atom is 0.238 e. The number of fused-ring (bicyclic) bond motifs is 1. The van der Waals surface area contributed by atoms with Crippen LogP contribution in [-0.2, 0) is 4.79 Å². The van der Waals surface area contributed by atoms with Crippen molar-refractivity contribution in [2.24, 2.45) is 0 Å². The Kier molecular flexibility index (Phi) is 7.91. The average Bonchev–Trinajstić information content (AvgIpc) is 2.81. The van der Waals surface area contributed by atoms with E-state index in [0.717, 1.165) is 43.4 Å². The highest BCUT2D eigenvalue weighted by Crippen LogP contribution is 2.31. The summed E-state index contributed by atoms with van der Waals surface area (Å²) >= 11 is 1.78. The summed E-state index contributed by atoms with van der Waals surface area (Å²) in [4.78, 5) is 18.0. The second kappa shape index (κ2) is 11.0. The van der Waals surface area contributed by atoms with Gasteiger partial charge in [0.05, 0.1) is 6.54 Å². The number of thioether (sulfide) groups is 1. The van der Waals surface area contributed by atoms with E-state index in [1.54, 1.807) is 11.8 Å². The van der Waals surface area contributed by atoms with Crippen molar-refractivity contribution in [3.05, 3.63) is 48.5 Å². The van der Waals surface area contributed by atoms with Crippen molar-refractivity contribution >= 4 is 23.4 Å². The first-order valence-corrected chi connectivity index (χ1v) is 12.1. The number of hydrogen-bond acceptors (Lipinski definition) is 7. The van der Waals surface area contributed by atoms with E-state index in [9.17, 15) is 9.90 Å². The number of hydrogen-bond donors (Lipinski definition) is 2. The van der Waals surface area contributed by atoms with Crippen LogP contribution in [0.15, 0.2) is 53.4 Å². The molecule has 8 heteroatoms. The molecule has 1 saturated heterocycles. The molecule has 4 rings (SSSR count). The molecule has 1 amide bonds. The molecule has 2 aromatic carbocycles. The molecule has 0 radical (unpaired) electrons. The molecule has 2 aromatic rings. The van der Waals surface area contributed by atoms with Crippen molar-refractivity contribution in [1.82, 2.24) is 9.80 Å². The summed E-state index contributed by atoms with van der Waals surface area (Å²) in [5, 5.41) is 13.6. The van der Waals surface area contributed by atoms with E-state index in [1.165, 1.54) is 4.90 Å². The molecular weight excluding hydrogens is 426 g/mol. The lowest BCUT2D eigenvalue weighted by Crippen LogP contribution is -2.53. The largest absolute Gasteiger partial charge is 0.486 e. The van der Waals surface area contributed by atoms with Crippen LogP contribution in [0.25, 0.3) is 0 Å². The molecule has 2 aliphatic heterocycles. The number of aliphatic hydroxyl groups is 1. The number of carbonyl (C=O) groups is 1. The van der Waals surface area contributed by atoms with Crippen LogP contribution in [0.5, 0.6) is 11.5 Å². The van der Waals surface area contributed by atoms with Crippen molar-refractivity contribution in [3.63, 3.8) is 0 Å². The quantitative estimate of drug-likeness (QED) is 0.590. The Morgan fingerprint density at radius 3 is 2.50 bits per heavy atom. The smallest absolute Gasteiger partial charge is 0.238 e. The SMILES string of the molecule is CCSc1ccc(NC(=O)CN2CCN(CC(O)C3COc4ccccc4O3)CC2)cc1. The van der Waals surface area contributed by atoms with Crippen molar-refractivity contribution < 1.29 is 19.4 Å². The molecular formula is C24H31N3O4S.